The number of rotatable bonds is 7. The molecule has 0 amide bonds. The van der Waals surface area contributed by atoms with Crippen molar-refractivity contribution in [1.29, 1.82) is 0 Å². The molecular weight excluding hydrogens is 751 g/mol. The zero-order chi connectivity index (χ0) is 45.3. The largest absolute Gasteiger partial charge is 0.456 e. The maximum atomic E-state index is 8.64. The predicted molar refractivity (Wildman–Crippen MR) is 263 cm³/mol. The molecule has 0 saturated heterocycles. The third-order valence-electron chi connectivity index (χ3n) is 12.2. The second-order valence-electron chi connectivity index (χ2n) is 15.7. The Morgan fingerprint density at radius 3 is 1.61 bits per heavy atom. The molecule has 0 N–H and O–H groups in total. The standard InChI is InChI=1S/C60H39NO/c1-2-11-40(12-3-1)47-32-38-56-59(39-47)62-58-22-10-21-57(60(56)58)61(49-35-29-46(30-36-49)53-19-9-20-54-52-17-7-5-14-44(52)31-37-55(53)54)48-33-27-42(28-34-48)41-23-25-45(26-24-41)51-18-8-15-43-13-4-6-16-50(43)51/h1-39H/i1D,2D,3D,11D,12D. The van der Waals surface area contributed by atoms with Crippen LogP contribution in [0.25, 0.3) is 98.8 Å². The topological polar surface area (TPSA) is 16.4 Å². The smallest absolute Gasteiger partial charge is 0.137 e. The molecule has 0 aliphatic rings. The van der Waals surface area contributed by atoms with Gasteiger partial charge in [-0.1, -0.05) is 188 Å². The van der Waals surface area contributed by atoms with Gasteiger partial charge in [-0.05, 0) is 125 Å². The molecule has 0 atom stereocenters. The van der Waals surface area contributed by atoms with Gasteiger partial charge >= 0.3 is 0 Å². The highest BCUT2D eigenvalue weighted by Gasteiger charge is 2.20. The lowest BCUT2D eigenvalue weighted by Crippen LogP contribution is -2.10. The predicted octanol–water partition coefficient (Wildman–Crippen LogP) is 17.2. The summed E-state index contributed by atoms with van der Waals surface area (Å²) in [4.78, 5) is 2.26. The number of nitrogens with zero attached hydrogens (tertiary/aromatic N) is 1. The van der Waals surface area contributed by atoms with E-state index in [0.717, 1.165) is 50.1 Å². The summed E-state index contributed by atoms with van der Waals surface area (Å²) >= 11 is 0. The van der Waals surface area contributed by atoms with Crippen molar-refractivity contribution < 1.29 is 11.3 Å². The molecule has 1 aromatic heterocycles. The van der Waals surface area contributed by atoms with Crippen LogP contribution in [0.3, 0.4) is 0 Å². The van der Waals surface area contributed by atoms with Crippen LogP contribution in [0.1, 0.15) is 6.85 Å². The first kappa shape index (κ1) is 30.8. The fraction of sp³-hybridized carbons (Fsp3) is 0. The van der Waals surface area contributed by atoms with Crippen molar-refractivity contribution in [3.63, 3.8) is 0 Å². The van der Waals surface area contributed by atoms with Crippen molar-refractivity contribution in [2.45, 2.75) is 0 Å². The Hall–Kier alpha value is -8.20. The fourth-order valence-electron chi connectivity index (χ4n) is 9.17. The maximum absolute atomic E-state index is 8.64. The van der Waals surface area contributed by atoms with Crippen LogP contribution in [0, 0.1) is 0 Å². The molecular formula is C60H39NO. The van der Waals surface area contributed by atoms with Gasteiger partial charge in [-0.25, -0.2) is 0 Å². The number of anilines is 3. The minimum absolute atomic E-state index is 0.137. The molecule has 0 spiro atoms. The number of fused-ring (bicyclic) bond motifs is 7. The summed E-state index contributed by atoms with van der Waals surface area (Å²) in [5.74, 6) is 0. The Bertz CT molecular complexity index is 3880. The molecule has 12 rings (SSSR count). The molecule has 0 aliphatic heterocycles. The Labute approximate surface area is 367 Å². The minimum atomic E-state index is -0.421. The zero-order valence-electron chi connectivity index (χ0n) is 38.5. The van der Waals surface area contributed by atoms with Gasteiger partial charge in [-0.3, -0.25) is 0 Å². The molecule has 0 fully saturated rings. The first-order valence-electron chi connectivity index (χ1n) is 23.3. The van der Waals surface area contributed by atoms with E-state index in [1.807, 2.05) is 24.3 Å². The molecule has 0 bridgehead atoms. The van der Waals surface area contributed by atoms with Crippen LogP contribution >= 0.6 is 0 Å². The van der Waals surface area contributed by atoms with Crippen LogP contribution in [0.2, 0.25) is 0 Å². The number of hydrogen-bond donors (Lipinski definition) is 0. The van der Waals surface area contributed by atoms with E-state index in [2.05, 4.69) is 181 Å². The molecule has 0 unspecified atom stereocenters. The van der Waals surface area contributed by atoms with Gasteiger partial charge < -0.3 is 9.32 Å². The average Bonchev–Trinajstić information content (AvgIpc) is 3.76. The Kier molecular flexibility index (Phi) is 7.35. The first-order valence-corrected chi connectivity index (χ1v) is 20.8. The third-order valence-corrected chi connectivity index (χ3v) is 12.2. The van der Waals surface area contributed by atoms with E-state index in [1.54, 1.807) is 6.07 Å². The lowest BCUT2D eigenvalue weighted by molar-refractivity contribution is 0.669. The van der Waals surface area contributed by atoms with Gasteiger partial charge in [0.2, 0.25) is 0 Å². The van der Waals surface area contributed by atoms with Crippen LogP contribution in [0.5, 0.6) is 0 Å². The van der Waals surface area contributed by atoms with Gasteiger partial charge in [0.25, 0.3) is 0 Å². The van der Waals surface area contributed by atoms with Gasteiger partial charge in [0, 0.05) is 16.8 Å². The Morgan fingerprint density at radius 2 is 0.871 bits per heavy atom. The molecule has 11 aromatic carbocycles. The minimum Gasteiger partial charge on any atom is -0.456 e. The van der Waals surface area contributed by atoms with Gasteiger partial charge in [-0.15, -0.1) is 0 Å². The van der Waals surface area contributed by atoms with Gasteiger partial charge in [0.15, 0.2) is 0 Å². The van der Waals surface area contributed by atoms with Crippen LogP contribution in [0.15, 0.2) is 241 Å². The highest BCUT2D eigenvalue weighted by atomic mass is 16.3. The lowest BCUT2D eigenvalue weighted by Gasteiger charge is -2.27. The highest BCUT2D eigenvalue weighted by Crippen LogP contribution is 2.45. The number of hydrogen-bond acceptors (Lipinski definition) is 2. The molecule has 0 saturated carbocycles. The summed E-state index contributed by atoms with van der Waals surface area (Å²) in [5, 5.41) is 9.05. The van der Waals surface area contributed by atoms with E-state index in [9.17, 15) is 0 Å². The van der Waals surface area contributed by atoms with E-state index in [4.69, 9.17) is 11.3 Å². The summed E-state index contributed by atoms with van der Waals surface area (Å²) in [6, 6.07) is 70.5. The summed E-state index contributed by atoms with van der Waals surface area (Å²) in [5.41, 5.74) is 11.5. The molecule has 62 heavy (non-hydrogen) atoms. The zero-order valence-corrected chi connectivity index (χ0v) is 33.5. The summed E-state index contributed by atoms with van der Waals surface area (Å²) in [6.45, 7) is 0. The first-order chi connectivity index (χ1) is 32.8. The van der Waals surface area contributed by atoms with Gasteiger partial charge in [-0.2, -0.15) is 0 Å². The highest BCUT2D eigenvalue weighted by molar-refractivity contribution is 6.15. The van der Waals surface area contributed by atoms with E-state index < -0.39 is 6.04 Å². The summed E-state index contributed by atoms with van der Waals surface area (Å²) in [6.07, 6.45) is 0. The maximum Gasteiger partial charge on any atom is 0.137 e. The third kappa shape index (κ3) is 6.12. The molecule has 2 heteroatoms. The summed E-state index contributed by atoms with van der Waals surface area (Å²) in [7, 11) is 0. The Balaban J connectivity index is 0.971. The van der Waals surface area contributed by atoms with Crippen LogP contribution in [-0.2, 0) is 0 Å². The van der Waals surface area contributed by atoms with Gasteiger partial charge in [0.1, 0.15) is 11.2 Å². The number of benzene rings is 11. The van der Waals surface area contributed by atoms with Crippen molar-refractivity contribution in [3.05, 3.63) is 236 Å². The van der Waals surface area contributed by atoms with Crippen molar-refractivity contribution in [3.8, 4) is 44.5 Å². The lowest BCUT2D eigenvalue weighted by atomic mass is 9.94. The van der Waals surface area contributed by atoms with Crippen LogP contribution < -0.4 is 4.90 Å². The van der Waals surface area contributed by atoms with Crippen LogP contribution in [0.4, 0.5) is 17.1 Å². The average molecular weight is 795 g/mol. The Morgan fingerprint density at radius 1 is 0.339 bits per heavy atom. The van der Waals surface area contributed by atoms with Crippen molar-refractivity contribution >= 4 is 71.3 Å². The number of furan rings is 1. The summed E-state index contributed by atoms with van der Waals surface area (Å²) < 4.78 is 48.5. The molecule has 0 aliphatic carbocycles. The second kappa shape index (κ2) is 14.8. The fourth-order valence-corrected chi connectivity index (χ4v) is 9.17. The molecule has 1 heterocycles. The normalized spacial score (nSPS) is 12.7. The van der Waals surface area contributed by atoms with Crippen LogP contribution in [-0.4, -0.2) is 0 Å². The molecule has 290 valence electrons. The van der Waals surface area contributed by atoms with E-state index in [1.165, 1.54) is 43.4 Å². The molecule has 0 radical (unpaired) electrons. The quantitative estimate of drug-likeness (QED) is 0.149. The van der Waals surface area contributed by atoms with Crippen molar-refractivity contribution in [2.24, 2.45) is 0 Å². The molecule has 12 aromatic rings. The second-order valence-corrected chi connectivity index (χ2v) is 15.7. The van der Waals surface area contributed by atoms with Gasteiger partial charge in [0.05, 0.1) is 17.9 Å². The van der Waals surface area contributed by atoms with E-state index >= 15 is 0 Å². The van der Waals surface area contributed by atoms with E-state index in [0.29, 0.717) is 16.7 Å². The van der Waals surface area contributed by atoms with Crippen molar-refractivity contribution in [2.75, 3.05) is 4.90 Å². The monoisotopic (exact) mass is 794 g/mol. The van der Waals surface area contributed by atoms with E-state index in [-0.39, 0.29) is 29.7 Å². The SMILES string of the molecule is [2H]c1c([2H])c([2H])c(-c2ccc3c(c2)oc2cccc(N(c4ccc(-c5ccc(-c6cccc7ccccc67)cc5)cc4)c4ccc(-c5cccc6c5ccc5ccccc56)cc4)c23)c([2H])c1[2H]. The van der Waals surface area contributed by atoms with Crippen molar-refractivity contribution in [1.82, 2.24) is 0 Å². The molecule has 2 nitrogen and oxygen atoms in total.